The topological polar surface area (TPSA) is 111 Å². The molecule has 0 bridgehead atoms. The van der Waals surface area contributed by atoms with Gasteiger partial charge in [0.1, 0.15) is 5.75 Å². The predicted molar refractivity (Wildman–Crippen MR) is 129 cm³/mol. The zero-order valence-corrected chi connectivity index (χ0v) is 19.2. The van der Waals surface area contributed by atoms with Gasteiger partial charge in [-0.05, 0) is 59.7 Å². The summed E-state index contributed by atoms with van der Waals surface area (Å²) in [7, 11) is 1.52. The molecule has 2 N–H and O–H groups in total. The number of amides is 1. The molecule has 0 saturated carbocycles. The number of carbonyl (C=O) groups excluding carboxylic acids is 2. The monoisotopic (exact) mass is 473 g/mol. The molecule has 0 saturated heterocycles. The fourth-order valence-corrected chi connectivity index (χ4v) is 3.79. The normalized spacial score (nSPS) is 12.5. The van der Waals surface area contributed by atoms with Gasteiger partial charge in [-0.3, -0.25) is 9.59 Å². The van der Waals surface area contributed by atoms with E-state index in [1.54, 1.807) is 66.7 Å². The number of carbonyl (C=O) groups is 3. The lowest BCUT2D eigenvalue weighted by atomic mass is 9.89. The van der Waals surface area contributed by atoms with Crippen LogP contribution in [-0.2, 0) is 16.0 Å². The van der Waals surface area contributed by atoms with Gasteiger partial charge in [-0.15, -0.1) is 0 Å². The van der Waals surface area contributed by atoms with Crippen LogP contribution >= 0.6 is 0 Å². The molecule has 0 radical (unpaired) electrons. The van der Waals surface area contributed by atoms with Crippen LogP contribution in [0.1, 0.15) is 28.4 Å². The summed E-state index contributed by atoms with van der Waals surface area (Å²) in [5.41, 5.74) is 1.94. The highest BCUT2D eigenvalue weighted by atomic mass is 16.7. The Bertz CT molecular complexity index is 1310. The predicted octanol–water partition coefficient (Wildman–Crippen LogP) is 4.35. The van der Waals surface area contributed by atoms with Gasteiger partial charge in [0.2, 0.25) is 12.7 Å². The molecule has 178 valence electrons. The Hall–Kier alpha value is -4.59. The smallest absolute Gasteiger partial charge is 0.336 e. The molecule has 1 heterocycles. The van der Waals surface area contributed by atoms with Crippen LogP contribution in [-0.4, -0.2) is 36.7 Å². The lowest BCUT2D eigenvalue weighted by Crippen LogP contribution is -2.14. The zero-order valence-electron chi connectivity index (χ0n) is 19.2. The molecular formula is C27H23NO7. The fourth-order valence-electron chi connectivity index (χ4n) is 3.79. The van der Waals surface area contributed by atoms with Gasteiger partial charge in [0.25, 0.3) is 0 Å². The van der Waals surface area contributed by atoms with Crippen LogP contribution in [0.25, 0.3) is 5.57 Å². The van der Waals surface area contributed by atoms with E-state index >= 15 is 0 Å². The first-order chi connectivity index (χ1) is 16.9. The first-order valence-electron chi connectivity index (χ1n) is 10.8. The molecule has 1 aliphatic heterocycles. The fraction of sp³-hybridized carbons (Fsp3) is 0.148. The largest absolute Gasteiger partial charge is 0.497 e. The van der Waals surface area contributed by atoms with Gasteiger partial charge in [0.15, 0.2) is 17.3 Å². The maximum Gasteiger partial charge on any atom is 0.336 e. The van der Waals surface area contributed by atoms with Crippen molar-refractivity contribution in [3.63, 3.8) is 0 Å². The van der Waals surface area contributed by atoms with Gasteiger partial charge in [0, 0.05) is 30.2 Å². The first-order valence-corrected chi connectivity index (χ1v) is 10.8. The maximum atomic E-state index is 13.6. The number of aliphatic carboxylic acids is 1. The number of fused-ring (bicyclic) bond motifs is 1. The first kappa shape index (κ1) is 23.6. The van der Waals surface area contributed by atoms with E-state index in [4.69, 9.17) is 14.2 Å². The number of allylic oxidation sites excluding steroid dienone is 1. The highest BCUT2D eigenvalue weighted by Crippen LogP contribution is 2.36. The number of hydrogen-bond acceptors (Lipinski definition) is 6. The summed E-state index contributed by atoms with van der Waals surface area (Å²) >= 11 is 0. The Balaban J connectivity index is 1.81. The molecule has 0 unspecified atom stereocenters. The molecule has 1 aliphatic rings. The summed E-state index contributed by atoms with van der Waals surface area (Å²) in [6, 6.07) is 18.2. The summed E-state index contributed by atoms with van der Waals surface area (Å²) < 4.78 is 15.9. The summed E-state index contributed by atoms with van der Waals surface area (Å²) in [5.74, 6) is -0.365. The quantitative estimate of drug-likeness (QED) is 0.370. The minimum absolute atomic E-state index is 0.0448. The van der Waals surface area contributed by atoms with E-state index in [1.807, 2.05) is 0 Å². The summed E-state index contributed by atoms with van der Waals surface area (Å²) in [6.45, 7) is 1.45. The van der Waals surface area contributed by atoms with E-state index in [2.05, 4.69) is 5.32 Å². The number of hydrogen-bond donors (Lipinski definition) is 2. The highest BCUT2D eigenvalue weighted by Gasteiger charge is 2.26. The van der Waals surface area contributed by atoms with Crippen LogP contribution in [0.2, 0.25) is 0 Å². The molecule has 3 aromatic carbocycles. The van der Waals surface area contributed by atoms with E-state index in [9.17, 15) is 19.5 Å². The molecule has 35 heavy (non-hydrogen) atoms. The summed E-state index contributed by atoms with van der Waals surface area (Å²) in [5, 5.41) is 12.9. The Morgan fingerprint density at radius 2 is 1.57 bits per heavy atom. The Labute approximate surface area is 201 Å². The van der Waals surface area contributed by atoms with E-state index in [0.717, 1.165) is 0 Å². The van der Waals surface area contributed by atoms with Crippen molar-refractivity contribution >= 4 is 28.9 Å². The Kier molecular flexibility index (Phi) is 6.82. The second-order valence-electron chi connectivity index (χ2n) is 7.84. The minimum Gasteiger partial charge on any atom is -0.497 e. The molecule has 1 amide bonds. The highest BCUT2D eigenvalue weighted by molar-refractivity contribution is 6.26. The van der Waals surface area contributed by atoms with Gasteiger partial charge in [-0.1, -0.05) is 18.2 Å². The van der Waals surface area contributed by atoms with Gasteiger partial charge >= 0.3 is 5.97 Å². The van der Waals surface area contributed by atoms with Gasteiger partial charge in [0.05, 0.1) is 12.7 Å². The van der Waals surface area contributed by atoms with E-state index < -0.39 is 11.8 Å². The molecule has 3 aromatic rings. The standard InChI is InChI=1S/C27H23NO7/c1-16(29)28-20-8-3-17(4-9-20)13-22(26(30)18-5-10-21(33-2)11-6-18)25(27(31)32)19-7-12-23-24(14-19)35-15-34-23/h3-12,14H,13,15H2,1-2H3,(H,28,29)(H,31,32). The lowest BCUT2D eigenvalue weighted by Gasteiger charge is -2.14. The zero-order chi connectivity index (χ0) is 24.9. The number of rotatable bonds is 8. The van der Waals surface area contributed by atoms with E-state index in [0.29, 0.717) is 39.6 Å². The number of Topliss-reactive ketones (excluding diaryl/α,β-unsaturated/α-hetero) is 1. The number of nitrogens with one attached hydrogen (secondary N) is 1. The van der Waals surface area contributed by atoms with Crippen molar-refractivity contribution in [2.24, 2.45) is 0 Å². The summed E-state index contributed by atoms with van der Waals surface area (Å²) in [6.07, 6.45) is 0.0568. The molecule has 0 spiro atoms. The van der Waals surface area contributed by atoms with Crippen LogP contribution in [0.4, 0.5) is 5.69 Å². The van der Waals surface area contributed by atoms with Crippen molar-refractivity contribution < 1.29 is 33.7 Å². The molecular weight excluding hydrogens is 450 g/mol. The third-order valence-corrected chi connectivity index (χ3v) is 5.46. The van der Waals surface area contributed by atoms with Gasteiger partial charge < -0.3 is 24.6 Å². The van der Waals surface area contributed by atoms with Crippen LogP contribution in [0, 0.1) is 0 Å². The van der Waals surface area contributed by atoms with Crippen LogP contribution in [0.15, 0.2) is 72.3 Å². The third kappa shape index (κ3) is 5.33. The second-order valence-corrected chi connectivity index (χ2v) is 7.84. The minimum atomic E-state index is -1.24. The van der Waals surface area contributed by atoms with Crippen LogP contribution < -0.4 is 19.5 Å². The molecule has 4 rings (SSSR count). The van der Waals surface area contributed by atoms with Crippen molar-refractivity contribution in [2.45, 2.75) is 13.3 Å². The average molecular weight is 473 g/mol. The van der Waals surface area contributed by atoms with Crippen molar-refractivity contribution in [3.8, 4) is 17.2 Å². The average Bonchev–Trinajstić information content (AvgIpc) is 3.32. The van der Waals surface area contributed by atoms with Gasteiger partial charge in [-0.25, -0.2) is 4.79 Å². The second kappa shape index (κ2) is 10.1. The Morgan fingerprint density at radius 1 is 0.914 bits per heavy atom. The molecule has 8 nitrogen and oxygen atoms in total. The molecule has 0 aromatic heterocycles. The molecule has 8 heteroatoms. The number of benzene rings is 3. The third-order valence-electron chi connectivity index (χ3n) is 5.46. The number of ketones is 1. The number of carboxylic acids is 1. The van der Waals surface area contributed by atoms with E-state index in [-0.39, 0.29) is 30.3 Å². The number of ether oxygens (including phenoxy) is 3. The Morgan fingerprint density at radius 3 is 2.20 bits per heavy atom. The summed E-state index contributed by atoms with van der Waals surface area (Å²) in [4.78, 5) is 37.4. The maximum absolute atomic E-state index is 13.6. The van der Waals surface area contributed by atoms with Crippen LogP contribution in [0.3, 0.4) is 0 Å². The van der Waals surface area contributed by atoms with Gasteiger partial charge in [-0.2, -0.15) is 0 Å². The number of carboxylic acid groups (broad SMARTS) is 1. The van der Waals surface area contributed by atoms with Crippen molar-refractivity contribution in [1.29, 1.82) is 0 Å². The van der Waals surface area contributed by atoms with Crippen molar-refractivity contribution in [2.75, 3.05) is 19.2 Å². The number of anilines is 1. The van der Waals surface area contributed by atoms with Crippen molar-refractivity contribution in [1.82, 2.24) is 0 Å². The van der Waals surface area contributed by atoms with Crippen LogP contribution in [0.5, 0.6) is 17.2 Å². The molecule has 0 aliphatic carbocycles. The van der Waals surface area contributed by atoms with Crippen molar-refractivity contribution in [3.05, 3.63) is 89.0 Å². The SMILES string of the molecule is COc1ccc(C(=O)C(Cc2ccc(NC(C)=O)cc2)=C(C(=O)O)c2ccc3c(c2)OCO3)cc1. The molecule has 0 fully saturated rings. The molecule has 0 atom stereocenters. The number of methoxy groups -OCH3 is 1. The van der Waals surface area contributed by atoms with E-state index in [1.165, 1.54) is 14.0 Å². The lowest BCUT2D eigenvalue weighted by molar-refractivity contribution is -0.130.